The molecule has 9 aromatic carbocycles. The minimum Gasteiger partial charge on any atom is -0.310 e. The smallest absolute Gasteiger partial charge is 0.0546 e. The molecule has 0 aliphatic rings. The van der Waals surface area contributed by atoms with Gasteiger partial charge in [0.25, 0.3) is 0 Å². The third-order valence-electron chi connectivity index (χ3n) is 9.77. The average Bonchev–Trinajstić information content (AvgIpc) is 3.22. The molecular weight excluding hydrogens is 629 g/mol. The van der Waals surface area contributed by atoms with Crippen LogP contribution in [0.1, 0.15) is 0 Å². The first-order valence-electron chi connectivity index (χ1n) is 17.8. The number of hydrogen-bond acceptors (Lipinski definition) is 2. The lowest BCUT2D eigenvalue weighted by atomic mass is 9.93. The first-order chi connectivity index (χ1) is 25.8. The van der Waals surface area contributed by atoms with E-state index < -0.39 is 0 Å². The van der Waals surface area contributed by atoms with E-state index in [0.717, 1.165) is 34.1 Å². The molecule has 0 aromatic heterocycles. The van der Waals surface area contributed by atoms with Gasteiger partial charge in [-0.3, -0.25) is 0 Å². The van der Waals surface area contributed by atoms with Crippen LogP contribution in [-0.2, 0) is 0 Å². The largest absolute Gasteiger partial charge is 0.310 e. The van der Waals surface area contributed by atoms with Gasteiger partial charge in [-0.2, -0.15) is 0 Å². The summed E-state index contributed by atoms with van der Waals surface area (Å²) < 4.78 is 0. The minimum absolute atomic E-state index is 1.07. The second-order valence-electron chi connectivity index (χ2n) is 13.0. The molecule has 2 nitrogen and oxygen atoms in total. The molecule has 0 aliphatic carbocycles. The third kappa shape index (κ3) is 5.97. The summed E-state index contributed by atoms with van der Waals surface area (Å²) in [5.41, 5.74) is 11.3. The molecule has 0 amide bonds. The van der Waals surface area contributed by atoms with Gasteiger partial charge in [-0.25, -0.2) is 0 Å². The SMILES string of the molecule is c1ccc(-c2cccc(N(c3ccccc3)c3cccc(N(c4ccccc4)c4cc5ccccc5cc4-c4cccc5ccccc45)c3)c2)cc1. The lowest BCUT2D eigenvalue weighted by molar-refractivity contribution is 1.25. The van der Waals surface area contributed by atoms with E-state index in [1.807, 2.05) is 0 Å². The molecule has 0 atom stereocenters. The van der Waals surface area contributed by atoms with Crippen LogP contribution in [0.15, 0.2) is 218 Å². The van der Waals surface area contributed by atoms with E-state index in [2.05, 4.69) is 228 Å². The summed E-state index contributed by atoms with van der Waals surface area (Å²) in [6.07, 6.45) is 0. The standard InChI is InChI=1S/C50H36N2/c1-4-17-37(18-5-1)39-23-14-28-44(33-39)51(42-24-6-2-7-25-42)45-29-16-30-46(36-45)52(43-26-8-3-9-27-43)50-35-41-21-11-10-20-40(41)34-49(50)48-32-15-22-38-19-12-13-31-47(38)48/h1-36H. The highest BCUT2D eigenvalue weighted by molar-refractivity contribution is 6.05. The van der Waals surface area contributed by atoms with E-state index in [4.69, 9.17) is 0 Å². The number of fused-ring (bicyclic) bond motifs is 2. The molecule has 0 aliphatic heterocycles. The van der Waals surface area contributed by atoms with Gasteiger partial charge in [0.1, 0.15) is 0 Å². The second-order valence-corrected chi connectivity index (χ2v) is 13.0. The van der Waals surface area contributed by atoms with Crippen LogP contribution in [0.2, 0.25) is 0 Å². The Kier molecular flexibility index (Phi) is 8.24. The maximum absolute atomic E-state index is 2.41. The van der Waals surface area contributed by atoms with Crippen LogP contribution in [0.5, 0.6) is 0 Å². The first kappa shape index (κ1) is 31.1. The topological polar surface area (TPSA) is 6.48 Å². The Morgan fingerprint density at radius 2 is 0.712 bits per heavy atom. The fourth-order valence-electron chi connectivity index (χ4n) is 7.34. The lowest BCUT2D eigenvalue weighted by Crippen LogP contribution is -2.14. The summed E-state index contributed by atoms with van der Waals surface area (Å²) in [6.45, 7) is 0. The highest BCUT2D eigenvalue weighted by Crippen LogP contribution is 2.46. The number of anilines is 6. The van der Waals surface area contributed by atoms with Crippen molar-refractivity contribution >= 4 is 55.7 Å². The molecule has 0 N–H and O–H groups in total. The maximum atomic E-state index is 2.41. The van der Waals surface area contributed by atoms with Crippen molar-refractivity contribution in [1.82, 2.24) is 0 Å². The molecule has 0 radical (unpaired) electrons. The van der Waals surface area contributed by atoms with Crippen LogP contribution in [0, 0.1) is 0 Å². The molecule has 0 unspecified atom stereocenters. The summed E-state index contributed by atoms with van der Waals surface area (Å²) >= 11 is 0. The number of rotatable bonds is 8. The van der Waals surface area contributed by atoms with Crippen molar-refractivity contribution in [2.24, 2.45) is 0 Å². The van der Waals surface area contributed by atoms with Crippen LogP contribution >= 0.6 is 0 Å². The monoisotopic (exact) mass is 664 g/mol. The summed E-state index contributed by atoms with van der Waals surface area (Å²) in [5.74, 6) is 0. The Bertz CT molecular complexity index is 2630. The number of nitrogens with zero attached hydrogens (tertiary/aromatic N) is 2. The predicted molar refractivity (Wildman–Crippen MR) is 222 cm³/mol. The predicted octanol–water partition coefficient (Wildman–Crippen LogP) is 14.3. The van der Waals surface area contributed by atoms with Crippen molar-refractivity contribution in [3.05, 3.63) is 218 Å². The van der Waals surface area contributed by atoms with Crippen molar-refractivity contribution in [2.75, 3.05) is 9.80 Å². The van der Waals surface area contributed by atoms with Crippen LogP contribution < -0.4 is 9.80 Å². The van der Waals surface area contributed by atoms with Crippen LogP contribution in [-0.4, -0.2) is 0 Å². The second kappa shape index (κ2) is 13.8. The van der Waals surface area contributed by atoms with Crippen molar-refractivity contribution in [3.63, 3.8) is 0 Å². The molecule has 0 saturated heterocycles. The highest BCUT2D eigenvalue weighted by Gasteiger charge is 2.21. The van der Waals surface area contributed by atoms with E-state index in [1.165, 1.54) is 43.8 Å². The van der Waals surface area contributed by atoms with Gasteiger partial charge in [0, 0.05) is 34.0 Å². The van der Waals surface area contributed by atoms with Crippen LogP contribution in [0.25, 0.3) is 43.8 Å². The van der Waals surface area contributed by atoms with Crippen molar-refractivity contribution < 1.29 is 0 Å². The third-order valence-corrected chi connectivity index (χ3v) is 9.77. The minimum atomic E-state index is 1.07. The molecule has 2 heteroatoms. The lowest BCUT2D eigenvalue weighted by Gasteiger charge is -2.31. The first-order valence-corrected chi connectivity index (χ1v) is 17.8. The van der Waals surface area contributed by atoms with Crippen LogP contribution in [0.3, 0.4) is 0 Å². The van der Waals surface area contributed by atoms with Gasteiger partial charge in [-0.05, 0) is 105 Å². The number of benzene rings is 9. The molecule has 0 spiro atoms. The zero-order chi connectivity index (χ0) is 34.7. The molecule has 9 aromatic rings. The Labute approximate surface area is 305 Å². The van der Waals surface area contributed by atoms with Gasteiger partial charge >= 0.3 is 0 Å². The maximum Gasteiger partial charge on any atom is 0.0546 e. The van der Waals surface area contributed by atoms with E-state index in [1.54, 1.807) is 0 Å². The zero-order valence-corrected chi connectivity index (χ0v) is 28.7. The van der Waals surface area contributed by atoms with Crippen molar-refractivity contribution in [1.29, 1.82) is 0 Å². The summed E-state index contributed by atoms with van der Waals surface area (Å²) in [6, 6.07) is 78.4. The molecule has 0 saturated carbocycles. The molecular formula is C50H36N2. The fourth-order valence-corrected chi connectivity index (χ4v) is 7.34. The van der Waals surface area contributed by atoms with Crippen LogP contribution in [0.4, 0.5) is 34.1 Å². The van der Waals surface area contributed by atoms with Gasteiger partial charge in [0.15, 0.2) is 0 Å². The molecule has 246 valence electrons. The van der Waals surface area contributed by atoms with Gasteiger partial charge in [-0.15, -0.1) is 0 Å². The molecule has 52 heavy (non-hydrogen) atoms. The van der Waals surface area contributed by atoms with Gasteiger partial charge in [0.2, 0.25) is 0 Å². The highest BCUT2D eigenvalue weighted by atomic mass is 15.2. The molecule has 0 fully saturated rings. The average molecular weight is 665 g/mol. The van der Waals surface area contributed by atoms with Gasteiger partial charge in [-0.1, -0.05) is 152 Å². The number of hydrogen-bond donors (Lipinski definition) is 0. The molecule has 0 heterocycles. The van der Waals surface area contributed by atoms with E-state index in [0.29, 0.717) is 0 Å². The Morgan fingerprint density at radius 1 is 0.250 bits per heavy atom. The fraction of sp³-hybridized carbons (Fsp3) is 0. The summed E-state index contributed by atoms with van der Waals surface area (Å²) in [5, 5.41) is 4.87. The molecule has 0 bridgehead atoms. The summed E-state index contributed by atoms with van der Waals surface area (Å²) in [4.78, 5) is 4.77. The van der Waals surface area contributed by atoms with Crippen molar-refractivity contribution in [3.8, 4) is 22.3 Å². The quantitative estimate of drug-likeness (QED) is 0.159. The Hall–Kier alpha value is -6.90. The Morgan fingerprint density at radius 3 is 1.42 bits per heavy atom. The zero-order valence-electron chi connectivity index (χ0n) is 28.7. The molecule has 9 rings (SSSR count). The van der Waals surface area contributed by atoms with Crippen molar-refractivity contribution in [2.45, 2.75) is 0 Å². The van der Waals surface area contributed by atoms with Gasteiger partial charge in [0.05, 0.1) is 5.69 Å². The number of para-hydroxylation sites is 2. The van der Waals surface area contributed by atoms with E-state index >= 15 is 0 Å². The van der Waals surface area contributed by atoms with E-state index in [-0.39, 0.29) is 0 Å². The normalized spacial score (nSPS) is 11.1. The summed E-state index contributed by atoms with van der Waals surface area (Å²) in [7, 11) is 0. The van der Waals surface area contributed by atoms with Gasteiger partial charge < -0.3 is 9.80 Å². The van der Waals surface area contributed by atoms with E-state index in [9.17, 15) is 0 Å². The Balaban J connectivity index is 1.26.